The number of carbonyl (C=O) groups excluding carboxylic acids is 2. The van der Waals surface area contributed by atoms with Gasteiger partial charge in [0.1, 0.15) is 0 Å². The Morgan fingerprint density at radius 3 is 2.35 bits per heavy atom. The first kappa shape index (κ1) is 15.4. The second-order valence-corrected chi connectivity index (χ2v) is 5.84. The van der Waals surface area contributed by atoms with Crippen molar-refractivity contribution in [3.8, 4) is 5.88 Å². The van der Waals surface area contributed by atoms with Crippen molar-refractivity contribution < 1.29 is 14.3 Å². The van der Waals surface area contributed by atoms with Gasteiger partial charge in [0.05, 0.1) is 0 Å². The number of hydrogen-bond donors (Lipinski definition) is 0. The number of benzene rings is 1. The zero-order valence-corrected chi connectivity index (χ0v) is 12.9. The molecule has 1 heterocycles. The van der Waals surface area contributed by atoms with E-state index in [-0.39, 0.29) is 5.88 Å². The van der Waals surface area contributed by atoms with Crippen LogP contribution in [0.2, 0.25) is 0 Å². The first-order chi connectivity index (χ1) is 11.2. The molecule has 1 aromatic heterocycles. The summed E-state index contributed by atoms with van der Waals surface area (Å²) in [5.74, 6) is -0.849. The number of hydrogen-bond acceptors (Lipinski definition) is 4. The molecule has 0 spiro atoms. The summed E-state index contributed by atoms with van der Waals surface area (Å²) in [5.41, 5.74) is 1.60. The molecule has 118 valence electrons. The average molecular weight is 309 g/mol. The number of aromatic nitrogens is 1. The van der Waals surface area contributed by atoms with Crippen LogP contribution in [-0.2, 0) is 4.79 Å². The highest BCUT2D eigenvalue weighted by Gasteiger charge is 2.20. The van der Waals surface area contributed by atoms with Crippen molar-refractivity contribution in [2.24, 2.45) is 0 Å². The molecule has 0 saturated heterocycles. The normalized spacial score (nSPS) is 15.1. The van der Waals surface area contributed by atoms with Crippen molar-refractivity contribution in [3.05, 3.63) is 59.8 Å². The molecule has 4 heteroatoms. The highest BCUT2D eigenvalue weighted by Crippen LogP contribution is 2.32. The molecule has 3 rings (SSSR count). The van der Waals surface area contributed by atoms with Crippen molar-refractivity contribution in [1.29, 1.82) is 0 Å². The first-order valence-electron chi connectivity index (χ1n) is 8.01. The van der Waals surface area contributed by atoms with Crippen molar-refractivity contribution in [1.82, 2.24) is 4.98 Å². The van der Waals surface area contributed by atoms with Gasteiger partial charge in [0, 0.05) is 17.8 Å². The number of rotatable bonds is 4. The summed E-state index contributed by atoms with van der Waals surface area (Å²) in [7, 11) is 0. The number of Topliss-reactive ketones (excluding diaryl/α,β-unsaturated/α-hetero) is 1. The topological polar surface area (TPSA) is 56.3 Å². The highest BCUT2D eigenvalue weighted by molar-refractivity contribution is 6.41. The lowest BCUT2D eigenvalue weighted by Gasteiger charge is -2.21. The fourth-order valence-corrected chi connectivity index (χ4v) is 3.01. The van der Waals surface area contributed by atoms with E-state index < -0.39 is 11.8 Å². The van der Waals surface area contributed by atoms with Crippen molar-refractivity contribution in [2.45, 2.75) is 38.0 Å². The largest absolute Gasteiger partial charge is 0.401 e. The van der Waals surface area contributed by atoms with Crippen LogP contribution in [0.25, 0.3) is 0 Å². The summed E-state index contributed by atoms with van der Waals surface area (Å²) in [6.45, 7) is 0. The zero-order chi connectivity index (χ0) is 16.1. The van der Waals surface area contributed by atoms with Gasteiger partial charge < -0.3 is 4.74 Å². The molecule has 0 amide bonds. The molecule has 0 N–H and O–H groups in total. The maximum absolute atomic E-state index is 12.1. The van der Waals surface area contributed by atoms with Crippen LogP contribution in [0.4, 0.5) is 0 Å². The van der Waals surface area contributed by atoms with Crippen LogP contribution < -0.4 is 4.74 Å². The number of ketones is 1. The average Bonchev–Trinajstić information content (AvgIpc) is 2.63. The van der Waals surface area contributed by atoms with Gasteiger partial charge >= 0.3 is 5.97 Å². The van der Waals surface area contributed by atoms with E-state index in [4.69, 9.17) is 4.74 Å². The number of pyridine rings is 1. The zero-order valence-electron chi connectivity index (χ0n) is 12.9. The Bertz CT molecular complexity index is 674. The molecule has 0 atom stereocenters. The van der Waals surface area contributed by atoms with Gasteiger partial charge in [-0.3, -0.25) is 4.79 Å². The minimum absolute atomic E-state index is 0.129. The maximum atomic E-state index is 12.1. The minimum atomic E-state index is -0.908. The molecule has 0 unspecified atom stereocenters. The monoisotopic (exact) mass is 309 g/mol. The second-order valence-electron chi connectivity index (χ2n) is 5.84. The molecule has 23 heavy (non-hydrogen) atoms. The molecule has 0 aliphatic heterocycles. The molecule has 2 aromatic rings. The summed E-state index contributed by atoms with van der Waals surface area (Å²) >= 11 is 0. The van der Waals surface area contributed by atoms with Gasteiger partial charge in [-0.05, 0) is 30.4 Å². The smallest absolute Gasteiger partial charge is 0.386 e. The number of carbonyl (C=O) groups is 2. The van der Waals surface area contributed by atoms with E-state index in [1.807, 2.05) is 12.1 Å². The SMILES string of the molecule is O=C(Oc1ccccn1)C(=O)c1ccc(C2CCCCC2)cc1. The predicted octanol–water partition coefficient (Wildman–Crippen LogP) is 3.92. The highest BCUT2D eigenvalue weighted by atomic mass is 16.5. The Morgan fingerprint density at radius 2 is 1.70 bits per heavy atom. The Hall–Kier alpha value is -2.49. The van der Waals surface area contributed by atoms with Gasteiger partial charge in [0.25, 0.3) is 5.78 Å². The molecule has 1 saturated carbocycles. The van der Waals surface area contributed by atoms with E-state index in [0.717, 1.165) is 0 Å². The fraction of sp³-hybridized carbons (Fsp3) is 0.316. The molecular formula is C19H19NO3. The van der Waals surface area contributed by atoms with E-state index in [9.17, 15) is 9.59 Å². The molecule has 1 aliphatic rings. The summed E-state index contributed by atoms with van der Waals surface area (Å²) in [5, 5.41) is 0. The van der Waals surface area contributed by atoms with Gasteiger partial charge in [-0.15, -0.1) is 0 Å². The quantitative estimate of drug-likeness (QED) is 0.488. The van der Waals surface area contributed by atoms with Crippen LogP contribution in [0, 0.1) is 0 Å². The number of esters is 1. The third kappa shape index (κ3) is 3.83. The predicted molar refractivity (Wildman–Crippen MR) is 86.5 cm³/mol. The van der Waals surface area contributed by atoms with Crippen LogP contribution in [0.15, 0.2) is 48.7 Å². The van der Waals surface area contributed by atoms with E-state index in [1.54, 1.807) is 24.3 Å². The van der Waals surface area contributed by atoms with Gasteiger partial charge in [-0.2, -0.15) is 0 Å². The second kappa shape index (κ2) is 7.18. The van der Waals surface area contributed by atoms with Gasteiger partial charge in [-0.25, -0.2) is 9.78 Å². The lowest BCUT2D eigenvalue weighted by Crippen LogP contribution is -2.21. The van der Waals surface area contributed by atoms with E-state index >= 15 is 0 Å². The van der Waals surface area contributed by atoms with Crippen molar-refractivity contribution >= 4 is 11.8 Å². The summed E-state index contributed by atoms with van der Waals surface area (Å²) < 4.78 is 4.98. The maximum Gasteiger partial charge on any atom is 0.386 e. The Morgan fingerprint density at radius 1 is 0.957 bits per heavy atom. The molecule has 0 radical (unpaired) electrons. The molecule has 1 aromatic carbocycles. The standard InChI is InChI=1S/C19H19NO3/c21-18(19(22)23-17-8-4-5-13-20-17)16-11-9-15(10-12-16)14-6-2-1-3-7-14/h4-5,8-14H,1-3,6-7H2. The lowest BCUT2D eigenvalue weighted by molar-refractivity contribution is -0.129. The van der Waals surface area contributed by atoms with Crippen LogP contribution in [-0.4, -0.2) is 16.7 Å². The molecule has 1 fully saturated rings. The van der Waals surface area contributed by atoms with Crippen molar-refractivity contribution in [2.75, 3.05) is 0 Å². The Kier molecular flexibility index (Phi) is 4.81. The Balaban J connectivity index is 1.66. The summed E-state index contributed by atoms with van der Waals surface area (Å²) in [6, 6.07) is 12.3. The third-order valence-corrected chi connectivity index (χ3v) is 4.27. The van der Waals surface area contributed by atoms with E-state index in [2.05, 4.69) is 4.98 Å². The van der Waals surface area contributed by atoms with Gasteiger partial charge in [-0.1, -0.05) is 49.6 Å². The van der Waals surface area contributed by atoms with E-state index in [1.165, 1.54) is 49.9 Å². The summed E-state index contributed by atoms with van der Waals surface area (Å²) in [4.78, 5) is 27.9. The molecule has 4 nitrogen and oxygen atoms in total. The third-order valence-electron chi connectivity index (χ3n) is 4.27. The van der Waals surface area contributed by atoms with Gasteiger partial charge in [0.2, 0.25) is 5.88 Å². The lowest BCUT2D eigenvalue weighted by atomic mass is 9.84. The number of ether oxygens (including phenoxy) is 1. The van der Waals surface area contributed by atoms with Crippen LogP contribution in [0.5, 0.6) is 5.88 Å². The molecule has 0 bridgehead atoms. The van der Waals surface area contributed by atoms with Crippen LogP contribution >= 0.6 is 0 Å². The fourth-order valence-electron chi connectivity index (χ4n) is 3.01. The van der Waals surface area contributed by atoms with Crippen LogP contribution in [0.3, 0.4) is 0 Å². The molecule has 1 aliphatic carbocycles. The summed E-state index contributed by atoms with van der Waals surface area (Å²) in [6.07, 6.45) is 7.76. The number of nitrogens with zero attached hydrogens (tertiary/aromatic N) is 1. The first-order valence-corrected chi connectivity index (χ1v) is 8.01. The van der Waals surface area contributed by atoms with Crippen LogP contribution in [0.1, 0.15) is 53.9 Å². The van der Waals surface area contributed by atoms with Crippen molar-refractivity contribution in [3.63, 3.8) is 0 Å². The van der Waals surface area contributed by atoms with Gasteiger partial charge in [0.15, 0.2) is 0 Å². The molecular weight excluding hydrogens is 290 g/mol. The Labute approximate surface area is 135 Å². The van der Waals surface area contributed by atoms with E-state index in [0.29, 0.717) is 11.5 Å². The minimum Gasteiger partial charge on any atom is -0.401 e.